The molecule has 0 saturated heterocycles. The molecule has 2 heterocycles. The minimum Gasteiger partial charge on any atom is -0.462 e. The number of H-pyrrole nitrogens is 2. The van der Waals surface area contributed by atoms with Gasteiger partial charge in [-0.3, -0.25) is 24.0 Å². The Kier molecular flexibility index (Phi) is 8.07. The predicted molar refractivity (Wildman–Crippen MR) is 123 cm³/mol. The maximum atomic E-state index is 13.6. The molecule has 0 aliphatic heterocycles. The number of rotatable bonds is 9. The summed E-state index contributed by atoms with van der Waals surface area (Å²) in [4.78, 5) is 57.5. The van der Waals surface area contributed by atoms with Crippen molar-refractivity contribution in [3.05, 3.63) is 43.4 Å². The van der Waals surface area contributed by atoms with Crippen molar-refractivity contribution in [3.8, 4) is 0 Å². The summed E-state index contributed by atoms with van der Waals surface area (Å²) in [5.41, 5.74) is 6.18. The fraction of sp³-hybridized carbons (Fsp3) is 0.545. The Bertz CT molecular complexity index is 1110. The van der Waals surface area contributed by atoms with Crippen LogP contribution in [0.2, 0.25) is 0 Å². The molecule has 0 aromatic carbocycles. The average molecular weight is 448 g/mol. The molecule has 4 N–H and O–H groups in total. The van der Waals surface area contributed by atoms with Crippen LogP contribution < -0.4 is 21.9 Å². The molecule has 0 aliphatic rings. The number of anilines is 2. The van der Waals surface area contributed by atoms with Gasteiger partial charge in [-0.25, -0.2) is 9.59 Å². The van der Waals surface area contributed by atoms with Crippen LogP contribution >= 0.6 is 0 Å². The number of nitrogen functional groups attached to an aromatic ring is 1. The van der Waals surface area contributed by atoms with Gasteiger partial charge in [-0.15, -0.1) is 0 Å². The summed E-state index contributed by atoms with van der Waals surface area (Å²) < 4.78 is 6.38. The monoisotopic (exact) mass is 447 g/mol. The van der Waals surface area contributed by atoms with Gasteiger partial charge in [0.25, 0.3) is 11.5 Å². The molecular weight excluding hydrogens is 414 g/mol. The van der Waals surface area contributed by atoms with Crippen LogP contribution in [0.5, 0.6) is 0 Å². The van der Waals surface area contributed by atoms with Gasteiger partial charge in [0, 0.05) is 18.8 Å². The Hall–Kier alpha value is -3.30. The molecule has 176 valence electrons. The first-order chi connectivity index (χ1) is 15.0. The zero-order chi connectivity index (χ0) is 24.2. The minimum atomic E-state index is -0.735. The molecule has 1 amide bonds. The lowest BCUT2D eigenvalue weighted by Gasteiger charge is -2.26. The van der Waals surface area contributed by atoms with E-state index in [9.17, 15) is 19.2 Å². The van der Waals surface area contributed by atoms with Crippen molar-refractivity contribution < 1.29 is 14.3 Å². The van der Waals surface area contributed by atoms with Crippen LogP contribution in [0.3, 0.4) is 0 Å². The molecular formula is C22H33N5O5. The second kappa shape index (κ2) is 10.3. The molecule has 32 heavy (non-hydrogen) atoms. The molecule has 0 unspecified atom stereocenters. The maximum Gasteiger partial charge on any atom is 0.340 e. The molecule has 0 fully saturated rings. The summed E-state index contributed by atoms with van der Waals surface area (Å²) in [5.74, 6) is -1.12. The van der Waals surface area contributed by atoms with E-state index >= 15 is 0 Å². The molecule has 0 radical (unpaired) electrons. The van der Waals surface area contributed by atoms with E-state index < -0.39 is 23.1 Å². The van der Waals surface area contributed by atoms with Crippen LogP contribution in [0.15, 0.2) is 9.59 Å². The van der Waals surface area contributed by atoms with Crippen LogP contribution in [0, 0.1) is 19.8 Å². The number of aromatic amines is 2. The molecule has 0 aliphatic carbocycles. The highest BCUT2D eigenvalue weighted by Gasteiger charge is 2.30. The minimum absolute atomic E-state index is 0.00494. The Labute approximate surface area is 186 Å². The number of ether oxygens (including phenoxy) is 1. The third-order valence-corrected chi connectivity index (χ3v) is 5.14. The van der Waals surface area contributed by atoms with Gasteiger partial charge in [-0.2, -0.15) is 0 Å². The quantitative estimate of drug-likeness (QED) is 0.504. The van der Waals surface area contributed by atoms with Gasteiger partial charge in [0.1, 0.15) is 11.5 Å². The number of hydrogen-bond donors (Lipinski definition) is 3. The second-order valence-electron chi connectivity index (χ2n) is 8.15. The number of nitrogens with two attached hydrogens (primary N) is 1. The molecule has 2 aromatic rings. The number of aryl methyl sites for hydroxylation is 1. The van der Waals surface area contributed by atoms with Gasteiger partial charge < -0.3 is 15.5 Å². The molecule has 2 rings (SSSR count). The zero-order valence-corrected chi connectivity index (χ0v) is 19.6. The van der Waals surface area contributed by atoms with Gasteiger partial charge in [0.2, 0.25) is 0 Å². The van der Waals surface area contributed by atoms with E-state index in [1.807, 2.05) is 20.8 Å². The largest absolute Gasteiger partial charge is 0.462 e. The van der Waals surface area contributed by atoms with Crippen LogP contribution in [0.1, 0.15) is 72.6 Å². The normalized spacial score (nSPS) is 11.1. The van der Waals surface area contributed by atoms with Crippen molar-refractivity contribution in [2.24, 2.45) is 5.92 Å². The number of amides is 1. The molecule has 2 aromatic heterocycles. The van der Waals surface area contributed by atoms with Gasteiger partial charge in [0.15, 0.2) is 5.69 Å². The first-order valence-corrected chi connectivity index (χ1v) is 10.9. The van der Waals surface area contributed by atoms with E-state index in [1.54, 1.807) is 20.8 Å². The number of aromatic nitrogens is 3. The lowest BCUT2D eigenvalue weighted by Crippen LogP contribution is -2.43. The molecule has 0 saturated carbocycles. The summed E-state index contributed by atoms with van der Waals surface area (Å²) in [6.45, 7) is 11.5. The van der Waals surface area contributed by atoms with Gasteiger partial charge in [-0.1, -0.05) is 27.2 Å². The molecule has 10 nitrogen and oxygen atoms in total. The first kappa shape index (κ1) is 25.0. The van der Waals surface area contributed by atoms with Crippen LogP contribution in [0.4, 0.5) is 11.5 Å². The molecule has 0 atom stereocenters. The summed E-state index contributed by atoms with van der Waals surface area (Å²) in [6.07, 6.45) is 1.51. The van der Waals surface area contributed by atoms with Crippen molar-refractivity contribution in [1.29, 1.82) is 0 Å². The zero-order valence-electron chi connectivity index (χ0n) is 19.6. The Morgan fingerprint density at radius 1 is 1.16 bits per heavy atom. The highest BCUT2D eigenvalue weighted by atomic mass is 16.5. The summed E-state index contributed by atoms with van der Waals surface area (Å²) >= 11 is 0. The average Bonchev–Trinajstić information content (AvgIpc) is 3.00. The van der Waals surface area contributed by atoms with Crippen LogP contribution in [-0.2, 0) is 11.3 Å². The van der Waals surface area contributed by atoms with E-state index in [1.165, 1.54) is 9.47 Å². The Morgan fingerprint density at radius 2 is 1.81 bits per heavy atom. The van der Waals surface area contributed by atoms with E-state index in [0.29, 0.717) is 24.2 Å². The fourth-order valence-corrected chi connectivity index (χ4v) is 3.63. The highest BCUT2D eigenvalue weighted by molar-refractivity contribution is 6.09. The van der Waals surface area contributed by atoms with Gasteiger partial charge >= 0.3 is 11.7 Å². The summed E-state index contributed by atoms with van der Waals surface area (Å²) in [5, 5.41) is 0. The predicted octanol–water partition coefficient (Wildman–Crippen LogP) is 2.34. The number of esters is 1. The van der Waals surface area contributed by atoms with E-state index in [4.69, 9.17) is 10.5 Å². The number of hydrogen-bond acceptors (Lipinski definition) is 6. The van der Waals surface area contributed by atoms with Crippen molar-refractivity contribution in [3.63, 3.8) is 0 Å². The van der Waals surface area contributed by atoms with Crippen LogP contribution in [-0.4, -0.2) is 39.6 Å². The molecule has 10 heteroatoms. The van der Waals surface area contributed by atoms with Crippen molar-refractivity contribution in [1.82, 2.24) is 14.5 Å². The van der Waals surface area contributed by atoms with Crippen molar-refractivity contribution in [2.45, 2.75) is 60.9 Å². The number of carbonyl (C=O) groups is 2. The van der Waals surface area contributed by atoms with Crippen molar-refractivity contribution >= 4 is 23.4 Å². The Balaban J connectivity index is 2.66. The SMILES string of the molecule is CCCCn1c(N)c(N(CC(C)C)C(=O)c2[nH]c(C)c(C(=O)OCC)c2C)c(=O)[nH]c1=O. The molecule has 0 bridgehead atoms. The first-order valence-electron chi connectivity index (χ1n) is 10.9. The van der Waals surface area contributed by atoms with E-state index in [2.05, 4.69) is 9.97 Å². The lowest BCUT2D eigenvalue weighted by atomic mass is 10.1. The fourth-order valence-electron chi connectivity index (χ4n) is 3.63. The van der Waals surface area contributed by atoms with E-state index in [0.717, 1.165) is 6.42 Å². The number of unbranched alkanes of at least 4 members (excludes halogenated alkanes) is 1. The third-order valence-electron chi connectivity index (χ3n) is 5.14. The second-order valence-corrected chi connectivity index (χ2v) is 8.15. The van der Waals surface area contributed by atoms with Crippen LogP contribution in [0.25, 0.3) is 0 Å². The van der Waals surface area contributed by atoms with Crippen molar-refractivity contribution in [2.75, 3.05) is 23.8 Å². The topological polar surface area (TPSA) is 143 Å². The number of nitrogens with one attached hydrogen (secondary N) is 2. The van der Waals surface area contributed by atoms with E-state index in [-0.39, 0.29) is 41.8 Å². The van der Waals surface area contributed by atoms with Gasteiger partial charge in [0.05, 0.1) is 12.2 Å². The molecule has 0 spiro atoms. The number of carbonyl (C=O) groups excluding carboxylic acids is 2. The lowest BCUT2D eigenvalue weighted by molar-refractivity contribution is 0.0525. The highest BCUT2D eigenvalue weighted by Crippen LogP contribution is 2.25. The smallest absolute Gasteiger partial charge is 0.340 e. The third kappa shape index (κ3) is 4.95. The number of nitrogens with zero attached hydrogens (tertiary/aromatic N) is 2. The summed E-state index contributed by atoms with van der Waals surface area (Å²) in [7, 11) is 0. The Morgan fingerprint density at radius 3 is 2.38 bits per heavy atom. The van der Waals surface area contributed by atoms with Gasteiger partial charge in [-0.05, 0) is 38.7 Å². The standard InChI is InChI=1S/C22H33N5O5/c1-7-9-10-26-18(23)17(19(28)25-22(26)31)27(11-12(3)4)20(29)16-13(5)15(14(6)24-16)21(30)32-8-2/h12,24H,7-11,23H2,1-6H3,(H,25,28,31). The maximum absolute atomic E-state index is 13.6. The summed E-state index contributed by atoms with van der Waals surface area (Å²) in [6, 6.07) is 0.